The molecule has 7 heteroatoms. The Morgan fingerprint density at radius 3 is 2.48 bits per heavy atom. The number of hydrogen-bond donors (Lipinski definition) is 0. The zero-order chi connectivity index (χ0) is 21.2. The van der Waals surface area contributed by atoms with Gasteiger partial charge in [0.25, 0.3) is 0 Å². The molecule has 1 aromatic carbocycles. The van der Waals surface area contributed by atoms with Crippen molar-refractivity contribution in [2.45, 2.75) is 33.7 Å². The van der Waals surface area contributed by atoms with Gasteiger partial charge in [-0.25, -0.2) is 4.79 Å². The lowest BCUT2D eigenvalue weighted by atomic mass is 10.2. The Morgan fingerprint density at radius 1 is 1.10 bits per heavy atom. The fourth-order valence-electron chi connectivity index (χ4n) is 3.17. The highest BCUT2D eigenvalue weighted by molar-refractivity contribution is 5.78. The van der Waals surface area contributed by atoms with Gasteiger partial charge in [0, 0.05) is 39.8 Å². The summed E-state index contributed by atoms with van der Waals surface area (Å²) in [6, 6.07) is 7.83. The molecule has 162 valence electrons. The zero-order valence-corrected chi connectivity index (χ0v) is 18.2. The molecule has 2 amide bonds. The second kappa shape index (κ2) is 11.7. The van der Waals surface area contributed by atoms with Crippen molar-refractivity contribution < 1.29 is 19.1 Å². The van der Waals surface area contributed by atoms with E-state index in [4.69, 9.17) is 9.47 Å². The molecular weight excluding hydrogens is 370 g/mol. The number of carbonyl (C=O) groups is 2. The predicted octanol–water partition coefficient (Wildman–Crippen LogP) is 2.84. The maximum Gasteiger partial charge on any atom is 0.409 e. The van der Waals surface area contributed by atoms with E-state index in [1.54, 1.807) is 9.80 Å². The molecule has 1 fully saturated rings. The van der Waals surface area contributed by atoms with Crippen LogP contribution in [0, 0.1) is 5.92 Å². The number of nitrogens with zero attached hydrogens (tertiary/aromatic N) is 3. The van der Waals surface area contributed by atoms with E-state index in [9.17, 15) is 9.59 Å². The van der Waals surface area contributed by atoms with Crippen LogP contribution in [-0.2, 0) is 16.1 Å². The van der Waals surface area contributed by atoms with E-state index in [1.807, 2.05) is 52.1 Å². The van der Waals surface area contributed by atoms with Crippen LogP contribution >= 0.6 is 0 Å². The number of likely N-dealkylation sites (N-methyl/N-ethyl adjacent to an activating group) is 1. The SMILES string of the molecule is CCOc1ccc(CN(C)C(=O)CN2CCCN(C(=O)OCC(C)C)CC2)cc1. The Morgan fingerprint density at radius 2 is 1.83 bits per heavy atom. The number of hydrogen-bond acceptors (Lipinski definition) is 5. The largest absolute Gasteiger partial charge is 0.494 e. The van der Waals surface area contributed by atoms with E-state index in [0.717, 1.165) is 24.3 Å². The van der Waals surface area contributed by atoms with Crippen molar-refractivity contribution in [1.29, 1.82) is 0 Å². The molecule has 29 heavy (non-hydrogen) atoms. The molecular formula is C22H35N3O4. The summed E-state index contributed by atoms with van der Waals surface area (Å²) < 4.78 is 10.8. The lowest BCUT2D eigenvalue weighted by Gasteiger charge is -2.24. The van der Waals surface area contributed by atoms with Gasteiger partial charge in [-0.3, -0.25) is 9.69 Å². The average molecular weight is 406 g/mol. The Hall–Kier alpha value is -2.28. The predicted molar refractivity (Wildman–Crippen MR) is 113 cm³/mol. The number of ether oxygens (including phenoxy) is 2. The van der Waals surface area contributed by atoms with Gasteiger partial charge < -0.3 is 19.3 Å². The summed E-state index contributed by atoms with van der Waals surface area (Å²) in [6.45, 7) is 10.7. The minimum Gasteiger partial charge on any atom is -0.494 e. The van der Waals surface area contributed by atoms with Gasteiger partial charge in [-0.05, 0) is 37.0 Å². The third-order valence-corrected chi connectivity index (χ3v) is 4.83. The molecule has 0 radical (unpaired) electrons. The number of amides is 2. The minimum absolute atomic E-state index is 0.0784. The lowest BCUT2D eigenvalue weighted by Crippen LogP contribution is -2.40. The van der Waals surface area contributed by atoms with Gasteiger partial charge in [0.05, 0.1) is 19.8 Å². The molecule has 1 aliphatic rings. The van der Waals surface area contributed by atoms with Crippen molar-refractivity contribution in [2.24, 2.45) is 5.92 Å². The maximum absolute atomic E-state index is 12.6. The van der Waals surface area contributed by atoms with Crippen molar-refractivity contribution in [3.63, 3.8) is 0 Å². The first-order valence-corrected chi connectivity index (χ1v) is 10.5. The van der Waals surface area contributed by atoms with Crippen LogP contribution in [0.5, 0.6) is 5.75 Å². The third kappa shape index (κ3) is 7.93. The highest BCUT2D eigenvalue weighted by atomic mass is 16.6. The molecule has 0 aliphatic carbocycles. The smallest absolute Gasteiger partial charge is 0.409 e. The number of carbonyl (C=O) groups excluding carboxylic acids is 2. The Labute approximate surface area is 174 Å². The number of benzene rings is 1. The summed E-state index contributed by atoms with van der Waals surface area (Å²) in [5.41, 5.74) is 1.07. The quantitative estimate of drug-likeness (QED) is 0.666. The topological polar surface area (TPSA) is 62.3 Å². The van der Waals surface area contributed by atoms with E-state index in [2.05, 4.69) is 4.90 Å². The van der Waals surface area contributed by atoms with Gasteiger partial charge in [-0.1, -0.05) is 26.0 Å². The van der Waals surface area contributed by atoms with Crippen molar-refractivity contribution in [2.75, 3.05) is 53.0 Å². The molecule has 0 aromatic heterocycles. The maximum atomic E-state index is 12.6. The van der Waals surface area contributed by atoms with Crippen LogP contribution in [0.3, 0.4) is 0 Å². The van der Waals surface area contributed by atoms with Gasteiger partial charge in [0.15, 0.2) is 0 Å². The highest BCUT2D eigenvalue weighted by Gasteiger charge is 2.22. The Kier molecular flexibility index (Phi) is 9.25. The van der Waals surface area contributed by atoms with E-state index < -0.39 is 0 Å². The van der Waals surface area contributed by atoms with Gasteiger partial charge in [0.2, 0.25) is 5.91 Å². The standard InChI is InChI=1S/C22H35N3O4/c1-5-28-20-9-7-19(8-10-20)15-23(4)21(26)16-24-11-6-12-25(14-13-24)22(27)29-17-18(2)3/h7-10,18H,5-6,11-17H2,1-4H3. The molecule has 1 aromatic rings. The van der Waals surface area contributed by atoms with Crippen molar-refractivity contribution >= 4 is 12.0 Å². The van der Waals surface area contributed by atoms with Crippen molar-refractivity contribution in [3.05, 3.63) is 29.8 Å². The van der Waals surface area contributed by atoms with E-state index >= 15 is 0 Å². The second-order valence-electron chi connectivity index (χ2n) is 7.91. The molecule has 1 saturated heterocycles. The monoisotopic (exact) mass is 405 g/mol. The first-order chi connectivity index (χ1) is 13.9. The number of rotatable bonds is 8. The van der Waals surface area contributed by atoms with E-state index in [-0.39, 0.29) is 12.0 Å². The summed E-state index contributed by atoms with van der Waals surface area (Å²) in [5, 5.41) is 0. The van der Waals surface area contributed by atoms with Crippen LogP contribution in [0.2, 0.25) is 0 Å². The van der Waals surface area contributed by atoms with Crippen LogP contribution in [-0.4, -0.2) is 79.7 Å². The fourth-order valence-corrected chi connectivity index (χ4v) is 3.17. The summed E-state index contributed by atoms with van der Waals surface area (Å²) in [6.07, 6.45) is 0.589. The molecule has 7 nitrogen and oxygen atoms in total. The van der Waals surface area contributed by atoms with Gasteiger partial charge >= 0.3 is 6.09 Å². The molecule has 0 unspecified atom stereocenters. The average Bonchev–Trinajstić information content (AvgIpc) is 2.93. The molecule has 0 N–H and O–H groups in total. The first-order valence-electron chi connectivity index (χ1n) is 10.5. The van der Waals surface area contributed by atoms with E-state index in [0.29, 0.717) is 51.9 Å². The van der Waals surface area contributed by atoms with Crippen LogP contribution in [0.1, 0.15) is 32.8 Å². The van der Waals surface area contributed by atoms with Crippen LogP contribution in [0.25, 0.3) is 0 Å². The molecule has 2 rings (SSSR count). The first kappa shape index (κ1) is 23.0. The zero-order valence-electron chi connectivity index (χ0n) is 18.2. The second-order valence-corrected chi connectivity index (χ2v) is 7.91. The highest BCUT2D eigenvalue weighted by Crippen LogP contribution is 2.14. The van der Waals surface area contributed by atoms with Gasteiger partial charge in [-0.2, -0.15) is 0 Å². The van der Waals surface area contributed by atoms with Crippen molar-refractivity contribution in [3.8, 4) is 5.75 Å². The summed E-state index contributed by atoms with van der Waals surface area (Å²) in [7, 11) is 1.83. The fraction of sp³-hybridized carbons (Fsp3) is 0.636. The van der Waals surface area contributed by atoms with Gasteiger partial charge in [0.1, 0.15) is 5.75 Å². The molecule has 1 heterocycles. The molecule has 0 bridgehead atoms. The summed E-state index contributed by atoms with van der Waals surface area (Å²) >= 11 is 0. The molecule has 0 spiro atoms. The van der Waals surface area contributed by atoms with Crippen LogP contribution in [0.15, 0.2) is 24.3 Å². The summed E-state index contributed by atoms with van der Waals surface area (Å²) in [4.78, 5) is 30.4. The lowest BCUT2D eigenvalue weighted by molar-refractivity contribution is -0.131. The minimum atomic E-state index is -0.250. The molecule has 0 saturated carbocycles. The summed E-state index contributed by atoms with van der Waals surface area (Å²) in [5.74, 6) is 1.24. The van der Waals surface area contributed by atoms with Crippen LogP contribution in [0.4, 0.5) is 4.79 Å². The molecule has 1 aliphatic heterocycles. The van der Waals surface area contributed by atoms with Crippen molar-refractivity contribution in [1.82, 2.24) is 14.7 Å². The normalized spacial score (nSPS) is 15.1. The van der Waals surface area contributed by atoms with E-state index in [1.165, 1.54) is 0 Å². The Balaban J connectivity index is 1.78. The van der Waals surface area contributed by atoms with Gasteiger partial charge in [-0.15, -0.1) is 0 Å². The molecule has 0 atom stereocenters. The Bertz CT molecular complexity index is 648. The van der Waals surface area contributed by atoms with Crippen LogP contribution < -0.4 is 4.74 Å². The third-order valence-electron chi connectivity index (χ3n) is 4.83.